The fourth-order valence-electron chi connectivity index (χ4n) is 2.54. The van der Waals surface area contributed by atoms with E-state index in [9.17, 15) is 13.2 Å². The van der Waals surface area contributed by atoms with E-state index >= 15 is 0 Å². The van der Waals surface area contributed by atoms with E-state index in [-0.39, 0.29) is 6.54 Å². The van der Waals surface area contributed by atoms with Crippen LogP contribution in [-0.4, -0.2) is 22.3 Å². The van der Waals surface area contributed by atoms with Crippen molar-refractivity contribution in [2.75, 3.05) is 11.9 Å². The highest BCUT2D eigenvalue weighted by molar-refractivity contribution is 9.10. The van der Waals surface area contributed by atoms with Gasteiger partial charge in [0.15, 0.2) is 0 Å². The van der Waals surface area contributed by atoms with Crippen LogP contribution in [-0.2, 0) is 0 Å². The van der Waals surface area contributed by atoms with Gasteiger partial charge in [0.25, 0.3) is 0 Å². The Balaban J connectivity index is 1.98. The summed E-state index contributed by atoms with van der Waals surface area (Å²) in [6, 6.07) is 11.6. The van der Waals surface area contributed by atoms with E-state index in [0.717, 1.165) is 21.2 Å². The topological polar surface area (TPSA) is 29.9 Å². The molecule has 0 fully saturated rings. The standard InChI is InChI=1S/C17H15BrF3N3/c1-11-3-2-4-13(7-11)24-10-23-16-14(8-12(18)9-15(16)24)22-6-5-17(19,20)21/h2-4,7-10,22H,5-6H2,1H3. The monoisotopic (exact) mass is 397 g/mol. The van der Waals surface area contributed by atoms with Crippen molar-refractivity contribution >= 4 is 32.7 Å². The zero-order valence-electron chi connectivity index (χ0n) is 12.9. The molecule has 1 aromatic heterocycles. The van der Waals surface area contributed by atoms with Gasteiger partial charge in [-0.1, -0.05) is 28.1 Å². The third kappa shape index (κ3) is 3.72. The summed E-state index contributed by atoms with van der Waals surface area (Å²) in [7, 11) is 0. The largest absolute Gasteiger partial charge is 0.390 e. The minimum Gasteiger partial charge on any atom is -0.383 e. The number of anilines is 1. The number of aryl methyl sites for hydroxylation is 1. The van der Waals surface area contributed by atoms with Crippen LogP contribution in [0.15, 0.2) is 47.2 Å². The fraction of sp³-hybridized carbons (Fsp3) is 0.235. The average Bonchev–Trinajstić information content (AvgIpc) is 2.89. The second-order valence-corrected chi connectivity index (χ2v) is 6.48. The molecule has 3 nitrogen and oxygen atoms in total. The summed E-state index contributed by atoms with van der Waals surface area (Å²) in [6.07, 6.45) is -3.39. The molecule has 0 aliphatic rings. The van der Waals surface area contributed by atoms with Crippen LogP contribution in [0, 0.1) is 6.92 Å². The molecule has 1 N–H and O–H groups in total. The fourth-order valence-corrected chi connectivity index (χ4v) is 2.98. The van der Waals surface area contributed by atoms with Gasteiger partial charge >= 0.3 is 6.18 Å². The van der Waals surface area contributed by atoms with E-state index in [1.54, 1.807) is 12.4 Å². The van der Waals surface area contributed by atoms with Gasteiger partial charge < -0.3 is 5.32 Å². The van der Waals surface area contributed by atoms with Gasteiger partial charge in [0.1, 0.15) is 11.8 Å². The summed E-state index contributed by atoms with van der Waals surface area (Å²) >= 11 is 3.42. The number of rotatable bonds is 4. The van der Waals surface area contributed by atoms with E-state index in [1.807, 2.05) is 41.8 Å². The van der Waals surface area contributed by atoms with E-state index < -0.39 is 12.6 Å². The first-order chi connectivity index (χ1) is 11.3. The molecule has 0 radical (unpaired) electrons. The Morgan fingerprint density at radius 1 is 1.21 bits per heavy atom. The van der Waals surface area contributed by atoms with Crippen LogP contribution < -0.4 is 5.32 Å². The van der Waals surface area contributed by atoms with Crippen LogP contribution >= 0.6 is 15.9 Å². The minimum absolute atomic E-state index is 0.188. The molecular formula is C17H15BrF3N3. The summed E-state index contributed by atoms with van der Waals surface area (Å²) in [5, 5.41) is 2.84. The van der Waals surface area contributed by atoms with E-state index in [4.69, 9.17) is 0 Å². The van der Waals surface area contributed by atoms with Gasteiger partial charge in [-0.15, -0.1) is 0 Å². The van der Waals surface area contributed by atoms with Gasteiger partial charge in [-0.05, 0) is 36.8 Å². The molecule has 3 aromatic rings. The van der Waals surface area contributed by atoms with Gasteiger partial charge in [0, 0.05) is 16.7 Å². The Morgan fingerprint density at radius 3 is 2.71 bits per heavy atom. The zero-order chi connectivity index (χ0) is 17.3. The molecule has 2 aromatic carbocycles. The van der Waals surface area contributed by atoms with Gasteiger partial charge in [-0.2, -0.15) is 13.2 Å². The number of nitrogens with zero attached hydrogens (tertiary/aromatic N) is 2. The van der Waals surface area contributed by atoms with Crippen LogP contribution in [0.2, 0.25) is 0 Å². The van der Waals surface area contributed by atoms with Gasteiger partial charge in [0.2, 0.25) is 0 Å². The predicted molar refractivity (Wildman–Crippen MR) is 92.7 cm³/mol. The molecule has 0 saturated carbocycles. The molecule has 0 spiro atoms. The molecule has 0 saturated heterocycles. The van der Waals surface area contributed by atoms with Crippen molar-refractivity contribution in [1.82, 2.24) is 9.55 Å². The minimum atomic E-state index is -4.18. The van der Waals surface area contributed by atoms with Gasteiger partial charge in [-0.3, -0.25) is 4.57 Å². The average molecular weight is 398 g/mol. The first-order valence-electron chi connectivity index (χ1n) is 7.38. The number of aromatic nitrogens is 2. The van der Waals surface area contributed by atoms with Crippen molar-refractivity contribution in [1.29, 1.82) is 0 Å². The first kappa shape index (κ1) is 16.8. The maximum Gasteiger partial charge on any atom is 0.390 e. The Morgan fingerprint density at radius 2 is 2.00 bits per heavy atom. The van der Waals surface area contributed by atoms with Crippen molar-refractivity contribution in [2.24, 2.45) is 0 Å². The lowest BCUT2D eigenvalue weighted by Gasteiger charge is -2.11. The molecule has 0 bridgehead atoms. The van der Waals surface area contributed by atoms with E-state index in [1.165, 1.54) is 0 Å². The maximum absolute atomic E-state index is 12.3. The molecular weight excluding hydrogens is 383 g/mol. The third-order valence-electron chi connectivity index (χ3n) is 3.62. The molecule has 0 aliphatic heterocycles. The predicted octanol–water partition coefficient (Wildman–Crippen LogP) is 5.46. The van der Waals surface area contributed by atoms with Crippen LogP contribution in [0.1, 0.15) is 12.0 Å². The quantitative estimate of drug-likeness (QED) is 0.633. The summed E-state index contributed by atoms with van der Waals surface area (Å²) < 4.78 is 39.7. The summed E-state index contributed by atoms with van der Waals surface area (Å²) in [5.41, 5.74) is 4.12. The van der Waals surface area contributed by atoms with Crippen molar-refractivity contribution in [2.45, 2.75) is 19.5 Å². The molecule has 0 atom stereocenters. The summed E-state index contributed by atoms with van der Waals surface area (Å²) in [5.74, 6) is 0. The highest BCUT2D eigenvalue weighted by Crippen LogP contribution is 2.30. The third-order valence-corrected chi connectivity index (χ3v) is 4.08. The summed E-state index contributed by atoms with van der Waals surface area (Å²) in [4.78, 5) is 4.38. The van der Waals surface area contributed by atoms with E-state index in [2.05, 4.69) is 26.2 Å². The Kier molecular flexibility index (Phi) is 4.54. The summed E-state index contributed by atoms with van der Waals surface area (Å²) in [6.45, 7) is 1.81. The number of alkyl halides is 3. The lowest BCUT2D eigenvalue weighted by Crippen LogP contribution is -2.14. The lowest BCUT2D eigenvalue weighted by molar-refractivity contribution is -0.131. The van der Waals surface area contributed by atoms with Crippen LogP contribution in [0.4, 0.5) is 18.9 Å². The molecule has 24 heavy (non-hydrogen) atoms. The zero-order valence-corrected chi connectivity index (χ0v) is 14.4. The van der Waals surface area contributed by atoms with Crippen LogP contribution in [0.25, 0.3) is 16.7 Å². The van der Waals surface area contributed by atoms with Crippen molar-refractivity contribution in [3.05, 3.63) is 52.8 Å². The van der Waals surface area contributed by atoms with Crippen molar-refractivity contribution in [3.8, 4) is 5.69 Å². The molecule has 0 unspecified atom stereocenters. The molecule has 3 rings (SSSR count). The maximum atomic E-state index is 12.3. The molecule has 126 valence electrons. The highest BCUT2D eigenvalue weighted by Gasteiger charge is 2.26. The van der Waals surface area contributed by atoms with Crippen LogP contribution in [0.3, 0.4) is 0 Å². The number of fused-ring (bicyclic) bond motifs is 1. The second-order valence-electron chi connectivity index (χ2n) is 5.57. The number of halogens is 4. The van der Waals surface area contributed by atoms with Crippen molar-refractivity contribution < 1.29 is 13.2 Å². The Hall–Kier alpha value is -2.02. The molecule has 7 heteroatoms. The lowest BCUT2D eigenvalue weighted by atomic mass is 10.2. The number of hydrogen-bond acceptors (Lipinski definition) is 2. The normalized spacial score (nSPS) is 11.9. The first-order valence-corrected chi connectivity index (χ1v) is 8.17. The van der Waals surface area contributed by atoms with Gasteiger partial charge in [0.05, 0.1) is 17.6 Å². The number of benzene rings is 2. The number of nitrogens with one attached hydrogen (secondary N) is 1. The smallest absolute Gasteiger partial charge is 0.383 e. The number of hydrogen-bond donors (Lipinski definition) is 1. The highest BCUT2D eigenvalue weighted by atomic mass is 79.9. The SMILES string of the molecule is Cc1cccc(-n2cnc3c(NCCC(F)(F)F)cc(Br)cc32)c1. The molecule has 1 heterocycles. The van der Waals surface area contributed by atoms with E-state index in [0.29, 0.717) is 11.2 Å². The van der Waals surface area contributed by atoms with Crippen molar-refractivity contribution in [3.63, 3.8) is 0 Å². The molecule has 0 aliphatic carbocycles. The number of imidazole rings is 1. The van der Waals surface area contributed by atoms with Gasteiger partial charge in [-0.25, -0.2) is 4.98 Å². The Bertz CT molecular complexity index is 871. The Labute approximate surface area is 145 Å². The van der Waals surface area contributed by atoms with Crippen LogP contribution in [0.5, 0.6) is 0 Å². The molecule has 0 amide bonds. The second kappa shape index (κ2) is 6.47.